The van der Waals surface area contributed by atoms with Crippen LogP contribution in [0.15, 0.2) is 0 Å². The molecule has 18 heavy (non-hydrogen) atoms. The van der Waals surface area contributed by atoms with Gasteiger partial charge < -0.3 is 9.22 Å². The van der Waals surface area contributed by atoms with Crippen molar-refractivity contribution >= 4 is 14.6 Å². The van der Waals surface area contributed by atoms with Crippen LogP contribution in [0.25, 0.3) is 0 Å². The quantitative estimate of drug-likeness (QED) is 0.445. The predicted octanol–water partition coefficient (Wildman–Crippen LogP) is 4.79. The summed E-state index contributed by atoms with van der Waals surface area (Å²) >= 11 is 0. The van der Waals surface area contributed by atoms with Crippen molar-refractivity contribution in [1.82, 2.24) is 0 Å². The van der Waals surface area contributed by atoms with Gasteiger partial charge in [0, 0.05) is 12.5 Å². The molecular weight excluding hydrogens is 240 g/mol. The number of aldehydes is 1. The smallest absolute Gasteiger partial charge is 0.200 e. The van der Waals surface area contributed by atoms with Gasteiger partial charge in [0.2, 0.25) is 0 Å². The molecule has 0 rings (SSSR count). The Hall–Kier alpha value is -0.153. The van der Waals surface area contributed by atoms with Crippen LogP contribution in [0.1, 0.15) is 61.3 Å². The third-order valence-corrected chi connectivity index (χ3v) is 10.2. The molecule has 0 radical (unpaired) electrons. The highest BCUT2D eigenvalue weighted by molar-refractivity contribution is 6.77. The van der Waals surface area contributed by atoms with Gasteiger partial charge in [0.1, 0.15) is 6.29 Å². The highest BCUT2D eigenvalue weighted by atomic mass is 28.4. The molecule has 0 spiro atoms. The zero-order valence-electron chi connectivity index (χ0n) is 13.3. The Kier molecular flexibility index (Phi) is 8.04. The Labute approximate surface area is 115 Å². The molecular formula is C15H32O2Si. The van der Waals surface area contributed by atoms with E-state index in [-0.39, 0.29) is 5.92 Å². The number of rotatable bonds is 9. The third kappa shape index (κ3) is 4.20. The zero-order chi connectivity index (χ0) is 14.3. The summed E-state index contributed by atoms with van der Waals surface area (Å²) < 4.78 is 6.43. The van der Waals surface area contributed by atoms with E-state index in [1.807, 2.05) is 0 Å². The van der Waals surface area contributed by atoms with Gasteiger partial charge in [-0.15, -0.1) is 0 Å². The SMILES string of the molecule is CCC[C@@H](C=O)CO[Si](C(C)C)(C(C)C)C(C)C. The third-order valence-electron chi connectivity index (χ3n) is 4.11. The van der Waals surface area contributed by atoms with Crippen molar-refractivity contribution in [3.05, 3.63) is 0 Å². The molecule has 2 nitrogen and oxygen atoms in total. The van der Waals surface area contributed by atoms with E-state index in [0.717, 1.165) is 19.1 Å². The van der Waals surface area contributed by atoms with E-state index in [2.05, 4.69) is 48.5 Å². The Bertz CT molecular complexity index is 215. The number of carbonyl (C=O) groups excluding carboxylic acids is 1. The second-order valence-corrected chi connectivity index (χ2v) is 11.8. The molecule has 0 heterocycles. The molecule has 0 aromatic rings. The molecule has 3 heteroatoms. The minimum absolute atomic E-state index is 0.0816. The lowest BCUT2D eigenvalue weighted by atomic mass is 10.1. The van der Waals surface area contributed by atoms with E-state index in [1.165, 1.54) is 0 Å². The fourth-order valence-corrected chi connectivity index (χ4v) is 8.82. The van der Waals surface area contributed by atoms with Gasteiger partial charge in [-0.05, 0) is 23.0 Å². The Morgan fingerprint density at radius 3 is 1.72 bits per heavy atom. The number of hydrogen-bond donors (Lipinski definition) is 0. The maximum absolute atomic E-state index is 11.1. The molecule has 0 N–H and O–H groups in total. The van der Waals surface area contributed by atoms with Crippen LogP contribution in [0.4, 0.5) is 0 Å². The topological polar surface area (TPSA) is 26.3 Å². The number of carbonyl (C=O) groups is 1. The van der Waals surface area contributed by atoms with Gasteiger partial charge >= 0.3 is 0 Å². The van der Waals surface area contributed by atoms with Crippen LogP contribution in [0.3, 0.4) is 0 Å². The van der Waals surface area contributed by atoms with Crippen LogP contribution in [0.2, 0.25) is 16.6 Å². The summed E-state index contributed by atoms with van der Waals surface area (Å²) in [6.45, 7) is 16.4. The first-order chi connectivity index (χ1) is 8.32. The lowest BCUT2D eigenvalue weighted by Gasteiger charge is -2.42. The van der Waals surface area contributed by atoms with Crippen LogP contribution in [-0.2, 0) is 9.22 Å². The highest BCUT2D eigenvalue weighted by Crippen LogP contribution is 2.42. The average Bonchev–Trinajstić information content (AvgIpc) is 2.26. The van der Waals surface area contributed by atoms with E-state index in [1.54, 1.807) is 0 Å². The van der Waals surface area contributed by atoms with Crippen molar-refractivity contribution in [3.8, 4) is 0 Å². The summed E-state index contributed by atoms with van der Waals surface area (Å²) in [7, 11) is -1.79. The molecule has 0 aromatic heterocycles. The minimum atomic E-state index is -1.79. The fraction of sp³-hybridized carbons (Fsp3) is 0.933. The molecule has 0 aliphatic heterocycles. The zero-order valence-corrected chi connectivity index (χ0v) is 14.3. The molecule has 0 bridgehead atoms. The minimum Gasteiger partial charge on any atom is -0.415 e. The molecule has 0 fully saturated rings. The molecule has 0 aromatic carbocycles. The van der Waals surface area contributed by atoms with Crippen LogP contribution >= 0.6 is 0 Å². The summed E-state index contributed by atoms with van der Waals surface area (Å²) in [5.74, 6) is 0.0816. The van der Waals surface area contributed by atoms with Crippen molar-refractivity contribution in [2.45, 2.75) is 77.9 Å². The maximum Gasteiger partial charge on any atom is 0.200 e. The van der Waals surface area contributed by atoms with Gasteiger partial charge in [0.05, 0.1) is 0 Å². The fourth-order valence-electron chi connectivity index (χ4n) is 3.31. The first kappa shape index (κ1) is 17.8. The standard InChI is InChI=1S/C15H32O2Si/c1-8-9-15(10-16)11-17-18(12(2)3,13(4)5)14(6)7/h10,12-15H,8-9,11H2,1-7H3/t15-/m0/s1. The second kappa shape index (κ2) is 8.11. The van der Waals surface area contributed by atoms with Gasteiger partial charge in [-0.1, -0.05) is 54.9 Å². The highest BCUT2D eigenvalue weighted by Gasteiger charge is 2.45. The molecule has 108 valence electrons. The molecule has 0 saturated heterocycles. The monoisotopic (exact) mass is 272 g/mol. The van der Waals surface area contributed by atoms with Gasteiger partial charge in [-0.25, -0.2) is 0 Å². The summed E-state index contributed by atoms with van der Waals surface area (Å²) in [5, 5.41) is 0. The van der Waals surface area contributed by atoms with E-state index < -0.39 is 8.32 Å². The van der Waals surface area contributed by atoms with E-state index in [9.17, 15) is 4.79 Å². The Morgan fingerprint density at radius 2 is 1.44 bits per heavy atom. The molecule has 1 atom stereocenters. The van der Waals surface area contributed by atoms with Crippen LogP contribution in [0, 0.1) is 5.92 Å². The Morgan fingerprint density at radius 1 is 1.00 bits per heavy atom. The molecule has 0 aliphatic carbocycles. The van der Waals surface area contributed by atoms with Crippen molar-refractivity contribution in [3.63, 3.8) is 0 Å². The van der Waals surface area contributed by atoms with Crippen LogP contribution in [0.5, 0.6) is 0 Å². The van der Waals surface area contributed by atoms with Crippen LogP contribution in [-0.4, -0.2) is 21.2 Å². The van der Waals surface area contributed by atoms with E-state index >= 15 is 0 Å². The van der Waals surface area contributed by atoms with Gasteiger partial charge in [0.15, 0.2) is 8.32 Å². The number of hydrogen-bond acceptors (Lipinski definition) is 2. The van der Waals surface area contributed by atoms with Gasteiger partial charge in [0.25, 0.3) is 0 Å². The molecule has 0 saturated carbocycles. The van der Waals surface area contributed by atoms with Crippen LogP contribution < -0.4 is 0 Å². The largest absolute Gasteiger partial charge is 0.415 e. The van der Waals surface area contributed by atoms with Gasteiger partial charge in [-0.2, -0.15) is 0 Å². The molecule has 0 amide bonds. The van der Waals surface area contributed by atoms with E-state index in [4.69, 9.17) is 4.43 Å². The summed E-state index contributed by atoms with van der Waals surface area (Å²) in [6.07, 6.45) is 3.07. The first-order valence-electron chi connectivity index (χ1n) is 7.42. The van der Waals surface area contributed by atoms with E-state index in [0.29, 0.717) is 23.2 Å². The Balaban J connectivity index is 4.84. The molecule has 0 unspecified atom stereocenters. The lowest BCUT2D eigenvalue weighted by Crippen LogP contribution is -2.48. The maximum atomic E-state index is 11.1. The predicted molar refractivity (Wildman–Crippen MR) is 81.5 cm³/mol. The molecule has 0 aliphatic rings. The lowest BCUT2D eigenvalue weighted by molar-refractivity contribution is -0.112. The normalized spacial score (nSPS) is 14.6. The van der Waals surface area contributed by atoms with Crippen molar-refractivity contribution < 1.29 is 9.22 Å². The van der Waals surface area contributed by atoms with Gasteiger partial charge in [-0.3, -0.25) is 0 Å². The summed E-state index contributed by atoms with van der Waals surface area (Å²) in [4.78, 5) is 11.1. The van der Waals surface area contributed by atoms with Crippen molar-refractivity contribution in [2.75, 3.05) is 6.61 Å². The second-order valence-electron chi connectivity index (χ2n) is 6.31. The van der Waals surface area contributed by atoms with Crippen molar-refractivity contribution in [1.29, 1.82) is 0 Å². The summed E-state index contributed by atoms with van der Waals surface area (Å²) in [6, 6.07) is 0. The summed E-state index contributed by atoms with van der Waals surface area (Å²) in [5.41, 5.74) is 1.77. The average molecular weight is 273 g/mol. The van der Waals surface area contributed by atoms with Crippen molar-refractivity contribution in [2.24, 2.45) is 5.92 Å². The first-order valence-corrected chi connectivity index (χ1v) is 9.56.